The van der Waals surface area contributed by atoms with Crippen LogP contribution in [0.2, 0.25) is 0 Å². The number of hydrogen-bond donors (Lipinski definition) is 1. The zero-order valence-electron chi connectivity index (χ0n) is 18.8. The summed E-state index contributed by atoms with van der Waals surface area (Å²) in [5, 5.41) is 0. The van der Waals surface area contributed by atoms with Gasteiger partial charge in [0.1, 0.15) is 16.7 Å². The van der Waals surface area contributed by atoms with E-state index in [2.05, 4.69) is 16.5 Å². The lowest BCUT2D eigenvalue weighted by Crippen LogP contribution is -2.36. The standard InChI is InChI=1S/C25H34F2N2O2S/c1-2-3-17-31-22-6-8-23(9-7-22)32(30)28-13-4-14-29-15-11-20(12-16-29)18-21-5-10-24(26)25(27)19-21/h5-10,19-20,28H,2-4,11-18H2,1H3. The largest absolute Gasteiger partial charge is 0.494 e. The fourth-order valence-electron chi connectivity index (χ4n) is 3.96. The number of halogens is 2. The molecule has 0 radical (unpaired) electrons. The van der Waals surface area contributed by atoms with E-state index in [0.29, 0.717) is 19.1 Å². The summed E-state index contributed by atoms with van der Waals surface area (Å²) in [7, 11) is -1.22. The lowest BCUT2D eigenvalue weighted by Gasteiger charge is -2.32. The van der Waals surface area contributed by atoms with Crippen molar-refractivity contribution >= 4 is 11.0 Å². The van der Waals surface area contributed by atoms with E-state index in [9.17, 15) is 13.0 Å². The average Bonchev–Trinajstić information content (AvgIpc) is 2.81. The molecule has 0 spiro atoms. The maximum absolute atomic E-state index is 13.4. The molecule has 1 fully saturated rings. The number of ether oxygens (including phenoxy) is 1. The van der Waals surface area contributed by atoms with Gasteiger partial charge in [0.25, 0.3) is 0 Å². The summed E-state index contributed by atoms with van der Waals surface area (Å²) < 4.78 is 47.6. The van der Waals surface area contributed by atoms with Gasteiger partial charge in [-0.3, -0.25) is 0 Å². The van der Waals surface area contributed by atoms with E-state index in [4.69, 9.17) is 4.74 Å². The first-order valence-corrected chi connectivity index (χ1v) is 12.7. The van der Waals surface area contributed by atoms with Gasteiger partial charge in [0.2, 0.25) is 0 Å². The highest BCUT2D eigenvalue weighted by Gasteiger charge is 2.19. The van der Waals surface area contributed by atoms with E-state index in [1.54, 1.807) is 6.07 Å². The second-order valence-corrected chi connectivity index (χ2v) is 9.73. The zero-order chi connectivity index (χ0) is 22.8. The molecule has 7 heteroatoms. The maximum atomic E-state index is 13.4. The molecule has 1 aliphatic heterocycles. The number of rotatable bonds is 12. The minimum atomic E-state index is -1.22. The summed E-state index contributed by atoms with van der Waals surface area (Å²) in [6.45, 7) is 6.51. The van der Waals surface area contributed by atoms with Crippen LogP contribution in [0.25, 0.3) is 0 Å². The Morgan fingerprint density at radius 3 is 2.50 bits per heavy atom. The van der Waals surface area contributed by atoms with Crippen LogP contribution in [0, 0.1) is 17.6 Å². The number of nitrogens with zero attached hydrogens (tertiary/aromatic N) is 1. The molecule has 1 atom stereocenters. The van der Waals surface area contributed by atoms with Crippen LogP contribution in [0.3, 0.4) is 0 Å². The molecule has 1 heterocycles. The number of piperidine rings is 1. The summed E-state index contributed by atoms with van der Waals surface area (Å²) in [5.41, 5.74) is 0.870. The second kappa shape index (κ2) is 13.0. The van der Waals surface area contributed by atoms with Crippen LogP contribution in [0.1, 0.15) is 44.6 Å². The fraction of sp³-hybridized carbons (Fsp3) is 0.520. The lowest BCUT2D eigenvalue weighted by atomic mass is 9.90. The summed E-state index contributed by atoms with van der Waals surface area (Å²) >= 11 is 0. The number of benzene rings is 2. The molecule has 0 aromatic heterocycles. The Bertz CT molecular complexity index is 856. The SMILES string of the molecule is CCCCOc1ccc(S(=O)NCCCN2CCC(Cc3ccc(F)c(F)c3)CC2)cc1. The topological polar surface area (TPSA) is 41.6 Å². The van der Waals surface area contributed by atoms with E-state index in [1.807, 2.05) is 24.3 Å². The quantitative estimate of drug-likeness (QED) is 0.444. The third-order valence-corrected chi connectivity index (χ3v) is 7.07. The molecule has 3 rings (SSSR count). The van der Waals surface area contributed by atoms with Crippen molar-refractivity contribution in [1.82, 2.24) is 9.62 Å². The van der Waals surface area contributed by atoms with E-state index in [1.165, 1.54) is 12.1 Å². The highest BCUT2D eigenvalue weighted by molar-refractivity contribution is 7.83. The molecule has 176 valence electrons. The predicted octanol–water partition coefficient (Wildman–Crippen LogP) is 5.10. The van der Waals surface area contributed by atoms with Crippen molar-refractivity contribution in [2.24, 2.45) is 5.92 Å². The Kier molecular flexibility index (Phi) is 10.1. The van der Waals surface area contributed by atoms with E-state index in [0.717, 1.165) is 74.4 Å². The molecule has 32 heavy (non-hydrogen) atoms. The van der Waals surface area contributed by atoms with Crippen molar-refractivity contribution in [2.75, 3.05) is 32.8 Å². The van der Waals surface area contributed by atoms with Gasteiger partial charge in [0, 0.05) is 6.54 Å². The fourth-order valence-corrected chi connectivity index (χ4v) is 4.84. The lowest BCUT2D eigenvalue weighted by molar-refractivity contribution is 0.183. The average molecular weight is 465 g/mol. The van der Waals surface area contributed by atoms with Crippen LogP contribution in [-0.2, 0) is 17.4 Å². The number of nitrogens with one attached hydrogen (secondary N) is 1. The molecule has 1 aliphatic rings. The van der Waals surface area contributed by atoms with Crippen LogP contribution in [-0.4, -0.2) is 41.9 Å². The van der Waals surface area contributed by atoms with Crippen molar-refractivity contribution in [3.05, 3.63) is 59.7 Å². The van der Waals surface area contributed by atoms with Gasteiger partial charge in [-0.25, -0.2) is 17.7 Å². The first-order chi connectivity index (χ1) is 15.5. The Hall–Kier alpha value is -1.83. The molecule has 0 aliphatic carbocycles. The van der Waals surface area contributed by atoms with Crippen LogP contribution < -0.4 is 9.46 Å². The van der Waals surface area contributed by atoms with E-state index >= 15 is 0 Å². The van der Waals surface area contributed by atoms with Gasteiger partial charge >= 0.3 is 0 Å². The summed E-state index contributed by atoms with van der Waals surface area (Å²) in [6.07, 6.45) is 5.98. The first kappa shape index (κ1) is 24.8. The Morgan fingerprint density at radius 1 is 1.06 bits per heavy atom. The van der Waals surface area contributed by atoms with Gasteiger partial charge in [-0.2, -0.15) is 0 Å². The predicted molar refractivity (Wildman–Crippen MR) is 125 cm³/mol. The maximum Gasteiger partial charge on any atom is 0.159 e. The molecule has 2 aromatic carbocycles. The van der Waals surface area contributed by atoms with Crippen molar-refractivity contribution in [1.29, 1.82) is 0 Å². The molecular weight excluding hydrogens is 430 g/mol. The highest BCUT2D eigenvalue weighted by Crippen LogP contribution is 2.22. The molecule has 2 aromatic rings. The van der Waals surface area contributed by atoms with Gasteiger partial charge in [-0.05, 0) is 99.6 Å². The third-order valence-electron chi connectivity index (χ3n) is 5.90. The monoisotopic (exact) mass is 464 g/mol. The molecule has 0 amide bonds. The molecule has 1 unspecified atom stereocenters. The van der Waals surface area contributed by atoms with Gasteiger partial charge in [-0.15, -0.1) is 0 Å². The third kappa shape index (κ3) is 7.94. The van der Waals surface area contributed by atoms with Gasteiger partial charge in [0.15, 0.2) is 11.6 Å². The molecule has 4 nitrogen and oxygen atoms in total. The normalized spacial score (nSPS) is 16.2. The summed E-state index contributed by atoms with van der Waals surface area (Å²) in [6, 6.07) is 11.7. The molecule has 1 N–H and O–H groups in total. The van der Waals surface area contributed by atoms with Crippen molar-refractivity contribution in [3.63, 3.8) is 0 Å². The number of unbranched alkanes of at least 4 members (excludes halogenated alkanes) is 1. The summed E-state index contributed by atoms with van der Waals surface area (Å²) in [5.74, 6) is -0.226. The summed E-state index contributed by atoms with van der Waals surface area (Å²) in [4.78, 5) is 3.18. The first-order valence-electron chi connectivity index (χ1n) is 11.6. The van der Waals surface area contributed by atoms with E-state index in [-0.39, 0.29) is 0 Å². The van der Waals surface area contributed by atoms with Crippen LogP contribution in [0.15, 0.2) is 47.4 Å². The Morgan fingerprint density at radius 2 is 1.81 bits per heavy atom. The molecular formula is C25H34F2N2O2S. The van der Waals surface area contributed by atoms with Gasteiger partial charge in [-0.1, -0.05) is 19.4 Å². The molecule has 0 bridgehead atoms. The Balaban J connectivity index is 1.30. The number of likely N-dealkylation sites (tertiary alicyclic amines) is 1. The van der Waals surface area contributed by atoms with Crippen molar-refractivity contribution < 1.29 is 17.7 Å². The number of hydrogen-bond acceptors (Lipinski definition) is 3. The van der Waals surface area contributed by atoms with Crippen LogP contribution >= 0.6 is 0 Å². The van der Waals surface area contributed by atoms with Gasteiger partial charge < -0.3 is 9.64 Å². The zero-order valence-corrected chi connectivity index (χ0v) is 19.6. The highest BCUT2D eigenvalue weighted by atomic mass is 32.2. The Labute approximate surface area is 192 Å². The van der Waals surface area contributed by atoms with Crippen molar-refractivity contribution in [3.8, 4) is 5.75 Å². The van der Waals surface area contributed by atoms with Crippen molar-refractivity contribution in [2.45, 2.75) is 50.3 Å². The second-order valence-electron chi connectivity index (χ2n) is 8.43. The van der Waals surface area contributed by atoms with Crippen LogP contribution in [0.4, 0.5) is 8.78 Å². The minimum Gasteiger partial charge on any atom is -0.494 e. The minimum absolute atomic E-state index is 0.510. The molecule has 1 saturated heterocycles. The van der Waals surface area contributed by atoms with Gasteiger partial charge in [0.05, 0.1) is 11.5 Å². The van der Waals surface area contributed by atoms with E-state index < -0.39 is 22.6 Å². The molecule has 0 saturated carbocycles. The van der Waals surface area contributed by atoms with Crippen LogP contribution in [0.5, 0.6) is 5.75 Å². The smallest absolute Gasteiger partial charge is 0.159 e.